The van der Waals surface area contributed by atoms with Crippen LogP contribution in [0.4, 0.5) is 0 Å². The van der Waals surface area contributed by atoms with Gasteiger partial charge in [0.1, 0.15) is 0 Å². The second-order valence-corrected chi connectivity index (χ2v) is 5.92. The molecule has 1 aromatic carbocycles. The lowest BCUT2D eigenvalue weighted by molar-refractivity contribution is 0.154. The topological polar surface area (TPSA) is 28.2 Å². The molecule has 1 aliphatic heterocycles. The fourth-order valence-corrected chi connectivity index (χ4v) is 3.09. The van der Waals surface area contributed by atoms with Crippen LogP contribution in [0.5, 0.6) is 0 Å². The van der Waals surface area contributed by atoms with Crippen LogP contribution < -0.4 is 5.32 Å². The molecular weight excluding hydrogens is 246 g/mol. The molecule has 3 rings (SSSR count). The number of nitrogens with zero attached hydrogens (tertiary/aromatic N) is 2. The first-order valence-corrected chi connectivity index (χ1v) is 7.53. The molecule has 1 saturated heterocycles. The summed E-state index contributed by atoms with van der Waals surface area (Å²) in [5.41, 5.74) is 1.39. The van der Waals surface area contributed by atoms with Crippen molar-refractivity contribution in [1.82, 2.24) is 15.2 Å². The average Bonchev–Trinajstić information content (AvgIpc) is 2.62. The maximum absolute atomic E-state index is 4.18. The van der Waals surface area contributed by atoms with E-state index >= 15 is 0 Å². The van der Waals surface area contributed by atoms with Gasteiger partial charge in [-0.2, -0.15) is 0 Å². The molecule has 2 aromatic rings. The van der Waals surface area contributed by atoms with Crippen LogP contribution in [0.1, 0.15) is 25.8 Å². The zero-order valence-corrected chi connectivity index (χ0v) is 12.3. The molecular formula is C17H23N3. The van der Waals surface area contributed by atoms with E-state index in [1.54, 1.807) is 0 Å². The van der Waals surface area contributed by atoms with Crippen molar-refractivity contribution in [1.29, 1.82) is 0 Å². The Morgan fingerprint density at radius 2 is 2.10 bits per heavy atom. The van der Waals surface area contributed by atoms with Crippen LogP contribution in [0.2, 0.25) is 0 Å². The molecule has 3 nitrogen and oxygen atoms in total. The minimum Gasteiger partial charge on any atom is -0.315 e. The molecule has 106 valence electrons. The van der Waals surface area contributed by atoms with E-state index in [0.29, 0.717) is 12.1 Å². The Labute approximate surface area is 121 Å². The van der Waals surface area contributed by atoms with Crippen LogP contribution in [0.15, 0.2) is 36.7 Å². The Kier molecular flexibility index (Phi) is 3.99. The summed E-state index contributed by atoms with van der Waals surface area (Å²) in [6.45, 7) is 7.91. The van der Waals surface area contributed by atoms with Crippen LogP contribution in [-0.2, 0) is 6.54 Å². The van der Waals surface area contributed by atoms with Gasteiger partial charge in [0.25, 0.3) is 0 Å². The number of hydrogen-bond acceptors (Lipinski definition) is 3. The molecule has 0 unspecified atom stereocenters. The third kappa shape index (κ3) is 2.84. The number of benzene rings is 1. The first-order chi connectivity index (χ1) is 9.74. The van der Waals surface area contributed by atoms with Crippen molar-refractivity contribution >= 4 is 10.8 Å². The van der Waals surface area contributed by atoms with Crippen molar-refractivity contribution in [2.75, 3.05) is 13.1 Å². The van der Waals surface area contributed by atoms with Crippen LogP contribution >= 0.6 is 0 Å². The Morgan fingerprint density at radius 1 is 1.20 bits per heavy atom. The quantitative estimate of drug-likeness (QED) is 0.908. The number of rotatable bonds is 2. The van der Waals surface area contributed by atoms with Gasteiger partial charge in [0.2, 0.25) is 0 Å². The number of hydrogen-bond donors (Lipinski definition) is 1. The van der Waals surface area contributed by atoms with Gasteiger partial charge in [-0.25, -0.2) is 0 Å². The molecule has 3 heteroatoms. The highest BCUT2D eigenvalue weighted by Gasteiger charge is 2.22. The smallest absolute Gasteiger partial charge is 0.0346 e. The lowest BCUT2D eigenvalue weighted by Crippen LogP contribution is -2.41. The minimum atomic E-state index is 0.584. The minimum absolute atomic E-state index is 0.584. The first-order valence-electron chi connectivity index (χ1n) is 7.53. The summed E-state index contributed by atoms with van der Waals surface area (Å²) < 4.78 is 0. The molecule has 1 aliphatic rings. The van der Waals surface area contributed by atoms with Crippen molar-refractivity contribution < 1.29 is 0 Å². The van der Waals surface area contributed by atoms with Gasteiger partial charge in [-0.3, -0.25) is 9.88 Å². The van der Waals surface area contributed by atoms with E-state index in [2.05, 4.69) is 53.3 Å². The maximum atomic E-state index is 4.18. The van der Waals surface area contributed by atoms with Crippen LogP contribution in [0.3, 0.4) is 0 Å². The second-order valence-electron chi connectivity index (χ2n) is 5.92. The lowest BCUT2D eigenvalue weighted by atomic mass is 10.1. The summed E-state index contributed by atoms with van der Waals surface area (Å²) in [5.74, 6) is 0. The van der Waals surface area contributed by atoms with Crippen molar-refractivity contribution in [3.63, 3.8) is 0 Å². The fraction of sp³-hybridized carbons (Fsp3) is 0.471. The van der Waals surface area contributed by atoms with E-state index < -0.39 is 0 Å². The van der Waals surface area contributed by atoms with Gasteiger partial charge in [-0.1, -0.05) is 12.1 Å². The number of aromatic nitrogens is 1. The highest BCUT2D eigenvalue weighted by molar-refractivity contribution is 5.81. The fourth-order valence-electron chi connectivity index (χ4n) is 3.09. The zero-order chi connectivity index (χ0) is 13.9. The Balaban J connectivity index is 1.83. The Hall–Kier alpha value is -1.45. The van der Waals surface area contributed by atoms with Gasteiger partial charge in [0.05, 0.1) is 0 Å². The molecule has 0 radical (unpaired) electrons. The average molecular weight is 269 g/mol. The highest BCUT2D eigenvalue weighted by Crippen LogP contribution is 2.19. The van der Waals surface area contributed by atoms with Crippen molar-refractivity contribution in [2.45, 2.75) is 38.9 Å². The Bertz CT molecular complexity index is 569. The zero-order valence-electron chi connectivity index (χ0n) is 12.3. The highest BCUT2D eigenvalue weighted by atomic mass is 15.2. The predicted molar refractivity (Wildman–Crippen MR) is 83.7 cm³/mol. The van der Waals surface area contributed by atoms with E-state index in [-0.39, 0.29) is 0 Å². The van der Waals surface area contributed by atoms with Crippen LogP contribution in [-0.4, -0.2) is 35.1 Å². The monoisotopic (exact) mass is 269 g/mol. The summed E-state index contributed by atoms with van der Waals surface area (Å²) in [6.07, 6.45) is 5.02. The van der Waals surface area contributed by atoms with Gasteiger partial charge in [-0.05, 0) is 49.9 Å². The number of nitrogens with one attached hydrogen (secondary N) is 1. The maximum Gasteiger partial charge on any atom is 0.0346 e. The van der Waals surface area contributed by atoms with Crippen molar-refractivity contribution in [3.05, 3.63) is 42.2 Å². The lowest BCUT2D eigenvalue weighted by Gasteiger charge is -2.32. The first kappa shape index (κ1) is 13.5. The molecule has 0 saturated carbocycles. The summed E-state index contributed by atoms with van der Waals surface area (Å²) in [7, 11) is 0. The molecule has 0 aliphatic carbocycles. The van der Waals surface area contributed by atoms with E-state index in [1.807, 2.05) is 12.4 Å². The summed E-state index contributed by atoms with van der Waals surface area (Å²) in [4.78, 5) is 6.79. The largest absolute Gasteiger partial charge is 0.315 e. The van der Waals surface area contributed by atoms with Crippen LogP contribution in [0, 0.1) is 0 Å². The summed E-state index contributed by atoms with van der Waals surface area (Å²) in [6, 6.07) is 10.0. The predicted octanol–water partition coefficient (Wildman–Crippen LogP) is 2.81. The Morgan fingerprint density at radius 3 is 3.00 bits per heavy atom. The molecule has 0 spiro atoms. The molecule has 2 atom stereocenters. The molecule has 1 aromatic heterocycles. The van der Waals surface area contributed by atoms with Gasteiger partial charge in [-0.15, -0.1) is 0 Å². The number of pyridine rings is 1. The van der Waals surface area contributed by atoms with E-state index in [1.165, 1.54) is 22.8 Å². The molecule has 0 bridgehead atoms. The molecule has 0 amide bonds. The van der Waals surface area contributed by atoms with Gasteiger partial charge < -0.3 is 5.32 Å². The van der Waals surface area contributed by atoms with E-state index in [4.69, 9.17) is 0 Å². The van der Waals surface area contributed by atoms with Crippen LogP contribution in [0.25, 0.3) is 10.8 Å². The third-order valence-corrected chi connectivity index (χ3v) is 4.38. The van der Waals surface area contributed by atoms with Gasteiger partial charge >= 0.3 is 0 Å². The standard InChI is InChI=1S/C17H23N3/c1-13-5-7-18-10-14(2)20(13)12-15-3-4-17-11-19-8-6-16(17)9-15/h3-4,6,8-9,11,13-14,18H,5,7,10,12H2,1-2H3/t13-,14+/m1/s1. The third-order valence-electron chi connectivity index (χ3n) is 4.38. The van der Waals surface area contributed by atoms with E-state index in [9.17, 15) is 0 Å². The van der Waals surface area contributed by atoms with E-state index in [0.717, 1.165) is 19.6 Å². The molecule has 1 fully saturated rings. The molecule has 20 heavy (non-hydrogen) atoms. The summed E-state index contributed by atoms with van der Waals surface area (Å²) >= 11 is 0. The van der Waals surface area contributed by atoms with Crippen molar-refractivity contribution in [2.24, 2.45) is 0 Å². The normalized spacial score (nSPS) is 24.7. The SMILES string of the molecule is C[C@@H]1CCNC[C@H](C)N1Cc1ccc2cnccc2c1. The van der Waals surface area contributed by atoms with Crippen molar-refractivity contribution in [3.8, 4) is 0 Å². The molecule has 1 N–H and O–H groups in total. The number of fused-ring (bicyclic) bond motifs is 1. The van der Waals surface area contributed by atoms with Gasteiger partial charge in [0, 0.05) is 43.0 Å². The van der Waals surface area contributed by atoms with Gasteiger partial charge in [0.15, 0.2) is 0 Å². The molecule has 2 heterocycles. The summed E-state index contributed by atoms with van der Waals surface area (Å²) in [5, 5.41) is 6.02. The second kappa shape index (κ2) is 5.90.